The van der Waals surface area contributed by atoms with Crippen molar-refractivity contribution in [2.45, 2.75) is 12.5 Å². The SMILES string of the molecule is COc1ccc(C(=O)NCC2Cc3cc(-c4ccc(OC)nn4)ccc3O2)c(OC)c1. The second-order valence-electron chi connectivity index (χ2n) is 7.00. The lowest BCUT2D eigenvalue weighted by molar-refractivity contribution is 0.0930. The van der Waals surface area contributed by atoms with Crippen molar-refractivity contribution in [2.75, 3.05) is 27.9 Å². The normalized spacial score (nSPS) is 14.4. The highest BCUT2D eigenvalue weighted by molar-refractivity contribution is 5.97. The average molecular weight is 421 g/mol. The standard InChI is InChI=1S/C23H23N3O5/c1-28-16-5-6-18(21(12-16)29-2)23(27)24-13-17-11-15-10-14(4-8-20(15)31-17)19-7-9-22(30-3)26-25-19/h4-10,12,17H,11,13H2,1-3H3,(H,24,27). The Morgan fingerprint density at radius 2 is 1.90 bits per heavy atom. The molecule has 0 fully saturated rings. The molecule has 0 aliphatic carbocycles. The molecule has 8 nitrogen and oxygen atoms in total. The molecule has 1 N–H and O–H groups in total. The Morgan fingerprint density at radius 3 is 2.61 bits per heavy atom. The molecular weight excluding hydrogens is 398 g/mol. The Hall–Kier alpha value is -3.81. The van der Waals surface area contributed by atoms with E-state index in [0.717, 1.165) is 22.6 Å². The lowest BCUT2D eigenvalue weighted by Crippen LogP contribution is -2.34. The summed E-state index contributed by atoms with van der Waals surface area (Å²) < 4.78 is 21.5. The molecule has 0 saturated carbocycles. The number of methoxy groups -OCH3 is 3. The zero-order valence-electron chi connectivity index (χ0n) is 17.5. The fourth-order valence-electron chi connectivity index (χ4n) is 3.46. The number of amides is 1. The summed E-state index contributed by atoms with van der Waals surface area (Å²) in [4.78, 5) is 12.6. The first-order valence-corrected chi connectivity index (χ1v) is 9.79. The van der Waals surface area contributed by atoms with Gasteiger partial charge in [-0.3, -0.25) is 4.79 Å². The van der Waals surface area contributed by atoms with Gasteiger partial charge in [0.1, 0.15) is 23.4 Å². The van der Waals surface area contributed by atoms with Crippen LogP contribution in [0.4, 0.5) is 0 Å². The summed E-state index contributed by atoms with van der Waals surface area (Å²) in [5.41, 5.74) is 3.22. The minimum atomic E-state index is -0.228. The van der Waals surface area contributed by atoms with Crippen LogP contribution in [0.3, 0.4) is 0 Å². The van der Waals surface area contributed by atoms with Gasteiger partial charge in [0.05, 0.1) is 39.1 Å². The van der Waals surface area contributed by atoms with Crippen LogP contribution in [0.25, 0.3) is 11.3 Å². The van der Waals surface area contributed by atoms with Crippen molar-refractivity contribution < 1.29 is 23.7 Å². The molecule has 0 saturated heterocycles. The van der Waals surface area contributed by atoms with E-state index in [2.05, 4.69) is 15.5 Å². The molecule has 160 valence electrons. The van der Waals surface area contributed by atoms with Crippen molar-refractivity contribution in [1.82, 2.24) is 15.5 Å². The number of fused-ring (bicyclic) bond motifs is 1. The molecule has 2 aromatic carbocycles. The molecule has 2 heterocycles. The van der Waals surface area contributed by atoms with Crippen LogP contribution in [0, 0.1) is 0 Å². The predicted octanol–water partition coefficient (Wildman–Crippen LogP) is 2.90. The number of carbonyl (C=O) groups excluding carboxylic acids is 1. The van der Waals surface area contributed by atoms with Gasteiger partial charge in [-0.2, -0.15) is 0 Å². The molecule has 1 atom stereocenters. The van der Waals surface area contributed by atoms with Crippen LogP contribution in [-0.2, 0) is 6.42 Å². The van der Waals surface area contributed by atoms with E-state index < -0.39 is 0 Å². The highest BCUT2D eigenvalue weighted by Gasteiger charge is 2.24. The van der Waals surface area contributed by atoms with Gasteiger partial charge in [-0.25, -0.2) is 0 Å². The van der Waals surface area contributed by atoms with Crippen molar-refractivity contribution >= 4 is 5.91 Å². The maximum atomic E-state index is 12.6. The van der Waals surface area contributed by atoms with Crippen molar-refractivity contribution in [1.29, 1.82) is 0 Å². The Labute approximate surface area is 180 Å². The van der Waals surface area contributed by atoms with E-state index in [9.17, 15) is 4.79 Å². The lowest BCUT2D eigenvalue weighted by Gasteiger charge is -2.14. The first-order valence-electron chi connectivity index (χ1n) is 9.79. The molecule has 4 rings (SSSR count). The molecule has 1 aliphatic rings. The Kier molecular flexibility index (Phi) is 5.88. The zero-order valence-corrected chi connectivity index (χ0v) is 17.5. The van der Waals surface area contributed by atoms with Gasteiger partial charge in [-0.15, -0.1) is 10.2 Å². The maximum Gasteiger partial charge on any atom is 0.255 e. The van der Waals surface area contributed by atoms with Crippen molar-refractivity contribution in [3.05, 3.63) is 59.7 Å². The smallest absolute Gasteiger partial charge is 0.255 e. The predicted molar refractivity (Wildman–Crippen MR) is 114 cm³/mol. The lowest BCUT2D eigenvalue weighted by atomic mass is 10.0. The largest absolute Gasteiger partial charge is 0.497 e. The van der Waals surface area contributed by atoms with Crippen LogP contribution >= 0.6 is 0 Å². The van der Waals surface area contributed by atoms with E-state index in [1.54, 1.807) is 38.5 Å². The Bertz CT molecular complexity index is 1090. The van der Waals surface area contributed by atoms with Gasteiger partial charge in [0.15, 0.2) is 0 Å². The number of hydrogen-bond acceptors (Lipinski definition) is 7. The van der Waals surface area contributed by atoms with Gasteiger partial charge in [0.2, 0.25) is 5.88 Å². The van der Waals surface area contributed by atoms with Gasteiger partial charge < -0.3 is 24.3 Å². The van der Waals surface area contributed by atoms with Gasteiger partial charge in [0, 0.05) is 24.1 Å². The first-order chi connectivity index (χ1) is 15.1. The van der Waals surface area contributed by atoms with Crippen molar-refractivity contribution in [3.8, 4) is 34.4 Å². The topological polar surface area (TPSA) is 91.8 Å². The van der Waals surface area contributed by atoms with Crippen LogP contribution in [0.2, 0.25) is 0 Å². The third kappa shape index (κ3) is 4.37. The highest BCUT2D eigenvalue weighted by Crippen LogP contribution is 2.32. The molecule has 1 aromatic heterocycles. The van der Waals surface area contributed by atoms with E-state index in [1.165, 1.54) is 7.11 Å². The first kappa shape index (κ1) is 20.5. The second kappa shape index (κ2) is 8.91. The van der Waals surface area contributed by atoms with Crippen LogP contribution in [0.1, 0.15) is 15.9 Å². The number of rotatable bonds is 7. The minimum absolute atomic E-state index is 0.152. The number of ether oxygens (including phenoxy) is 4. The van der Waals surface area contributed by atoms with Gasteiger partial charge in [-0.1, -0.05) is 0 Å². The summed E-state index contributed by atoms with van der Waals surface area (Å²) in [6, 6.07) is 14.6. The zero-order chi connectivity index (χ0) is 21.8. The van der Waals surface area contributed by atoms with E-state index in [4.69, 9.17) is 18.9 Å². The monoisotopic (exact) mass is 421 g/mol. The van der Waals surface area contributed by atoms with Gasteiger partial charge in [0.25, 0.3) is 5.91 Å². The number of benzene rings is 2. The molecule has 8 heteroatoms. The van der Waals surface area contributed by atoms with Crippen LogP contribution in [-0.4, -0.2) is 50.1 Å². The molecule has 3 aromatic rings. The third-order valence-electron chi connectivity index (χ3n) is 5.09. The maximum absolute atomic E-state index is 12.6. The number of hydrogen-bond donors (Lipinski definition) is 1. The second-order valence-corrected chi connectivity index (χ2v) is 7.00. The van der Waals surface area contributed by atoms with Crippen LogP contribution < -0.4 is 24.3 Å². The van der Waals surface area contributed by atoms with E-state index >= 15 is 0 Å². The molecule has 0 spiro atoms. The molecule has 31 heavy (non-hydrogen) atoms. The van der Waals surface area contributed by atoms with Crippen LogP contribution in [0.15, 0.2) is 48.5 Å². The summed E-state index contributed by atoms with van der Waals surface area (Å²) in [7, 11) is 4.64. The minimum Gasteiger partial charge on any atom is -0.497 e. The summed E-state index contributed by atoms with van der Waals surface area (Å²) in [6.07, 6.45) is 0.535. The molecule has 0 bridgehead atoms. The van der Waals surface area contributed by atoms with E-state index in [0.29, 0.717) is 35.9 Å². The summed E-state index contributed by atoms with van der Waals surface area (Å²) in [5.74, 6) is 2.13. The fourth-order valence-corrected chi connectivity index (χ4v) is 3.46. The molecular formula is C23H23N3O5. The van der Waals surface area contributed by atoms with Crippen molar-refractivity contribution in [2.24, 2.45) is 0 Å². The molecule has 1 amide bonds. The molecule has 1 aliphatic heterocycles. The van der Waals surface area contributed by atoms with Crippen LogP contribution in [0.5, 0.6) is 23.1 Å². The molecule has 1 unspecified atom stereocenters. The summed E-state index contributed by atoms with van der Waals surface area (Å²) in [5, 5.41) is 11.1. The molecule has 0 radical (unpaired) electrons. The highest BCUT2D eigenvalue weighted by atomic mass is 16.5. The quantitative estimate of drug-likeness (QED) is 0.627. The van der Waals surface area contributed by atoms with Crippen molar-refractivity contribution in [3.63, 3.8) is 0 Å². The number of carbonyl (C=O) groups is 1. The average Bonchev–Trinajstić information content (AvgIpc) is 3.24. The Balaban J connectivity index is 1.40. The summed E-state index contributed by atoms with van der Waals surface area (Å²) in [6.45, 7) is 0.375. The Morgan fingerprint density at radius 1 is 1.03 bits per heavy atom. The number of aromatic nitrogens is 2. The summed E-state index contributed by atoms with van der Waals surface area (Å²) >= 11 is 0. The fraction of sp³-hybridized carbons (Fsp3) is 0.261. The number of nitrogens with zero attached hydrogens (tertiary/aromatic N) is 2. The van der Waals surface area contributed by atoms with E-state index in [1.807, 2.05) is 24.3 Å². The third-order valence-corrected chi connectivity index (χ3v) is 5.09. The number of nitrogens with one attached hydrogen (secondary N) is 1. The van der Waals surface area contributed by atoms with Gasteiger partial charge in [-0.05, 0) is 42.0 Å². The van der Waals surface area contributed by atoms with E-state index in [-0.39, 0.29) is 12.0 Å². The van der Waals surface area contributed by atoms with Gasteiger partial charge >= 0.3 is 0 Å².